The number of fused-ring (bicyclic) bond motifs is 1. The van der Waals surface area contributed by atoms with Crippen molar-refractivity contribution in [1.29, 1.82) is 0 Å². The summed E-state index contributed by atoms with van der Waals surface area (Å²) in [5.74, 6) is 0.0461. The van der Waals surface area contributed by atoms with Crippen molar-refractivity contribution in [2.75, 3.05) is 11.9 Å². The van der Waals surface area contributed by atoms with E-state index in [1.165, 1.54) is 22.4 Å². The third-order valence-corrected chi connectivity index (χ3v) is 5.88. The van der Waals surface area contributed by atoms with E-state index in [0.29, 0.717) is 12.6 Å². The summed E-state index contributed by atoms with van der Waals surface area (Å²) in [6.45, 7) is 4.13. The zero-order valence-electron chi connectivity index (χ0n) is 16.1. The molecule has 0 spiro atoms. The first-order valence-electron chi connectivity index (χ1n) is 9.91. The Morgan fingerprint density at radius 2 is 2.11 bits per heavy atom. The van der Waals surface area contributed by atoms with Crippen LogP contribution in [0, 0.1) is 6.92 Å². The fourth-order valence-electron chi connectivity index (χ4n) is 4.12. The van der Waals surface area contributed by atoms with Gasteiger partial charge in [-0.15, -0.1) is 0 Å². The van der Waals surface area contributed by atoms with Crippen LogP contribution >= 0.6 is 0 Å². The van der Waals surface area contributed by atoms with Crippen LogP contribution in [0.3, 0.4) is 0 Å². The molecule has 0 unspecified atom stereocenters. The van der Waals surface area contributed by atoms with Crippen molar-refractivity contribution in [2.24, 2.45) is 0 Å². The minimum absolute atomic E-state index is 0.0461. The molecular formula is C23H28N2O2. The van der Waals surface area contributed by atoms with Crippen molar-refractivity contribution in [2.45, 2.75) is 57.1 Å². The van der Waals surface area contributed by atoms with E-state index in [9.17, 15) is 9.90 Å². The average molecular weight is 364 g/mol. The predicted molar refractivity (Wildman–Crippen MR) is 108 cm³/mol. The fourth-order valence-corrected chi connectivity index (χ4v) is 4.12. The van der Waals surface area contributed by atoms with E-state index >= 15 is 0 Å². The zero-order valence-corrected chi connectivity index (χ0v) is 16.1. The van der Waals surface area contributed by atoms with Crippen molar-refractivity contribution >= 4 is 11.6 Å². The lowest BCUT2D eigenvalue weighted by molar-refractivity contribution is -0.124. The van der Waals surface area contributed by atoms with Gasteiger partial charge < -0.3 is 15.7 Å². The van der Waals surface area contributed by atoms with Gasteiger partial charge in [0.1, 0.15) is 0 Å². The number of amides is 1. The number of nitrogens with one attached hydrogen (secondary N) is 2. The Morgan fingerprint density at radius 3 is 2.81 bits per heavy atom. The molecule has 2 atom stereocenters. The number of benzene rings is 2. The van der Waals surface area contributed by atoms with Crippen LogP contribution < -0.4 is 10.6 Å². The summed E-state index contributed by atoms with van der Waals surface area (Å²) in [5.41, 5.74) is 5.81. The molecule has 1 heterocycles. The number of hydrogen-bond acceptors (Lipinski definition) is 3. The molecular weight excluding hydrogens is 336 g/mol. The van der Waals surface area contributed by atoms with Crippen LogP contribution in [0.2, 0.25) is 0 Å². The molecule has 0 aromatic heterocycles. The Labute approximate surface area is 161 Å². The fraction of sp³-hybridized carbons (Fsp3) is 0.435. The van der Waals surface area contributed by atoms with Crippen LogP contribution in [0.1, 0.15) is 54.5 Å². The maximum atomic E-state index is 12.6. The lowest BCUT2D eigenvalue weighted by Crippen LogP contribution is -2.38. The third kappa shape index (κ3) is 3.59. The van der Waals surface area contributed by atoms with Crippen LogP contribution in [0.5, 0.6) is 0 Å². The van der Waals surface area contributed by atoms with Gasteiger partial charge in [-0.25, -0.2) is 0 Å². The molecule has 1 saturated carbocycles. The molecule has 27 heavy (non-hydrogen) atoms. The van der Waals surface area contributed by atoms with Crippen molar-refractivity contribution < 1.29 is 9.90 Å². The summed E-state index contributed by atoms with van der Waals surface area (Å²) in [7, 11) is 0. The molecule has 1 amide bonds. The van der Waals surface area contributed by atoms with Crippen molar-refractivity contribution in [3.05, 3.63) is 64.7 Å². The van der Waals surface area contributed by atoms with Gasteiger partial charge in [-0.05, 0) is 62.3 Å². The minimum Gasteiger partial charge on any atom is -0.392 e. The van der Waals surface area contributed by atoms with Gasteiger partial charge in [0.25, 0.3) is 0 Å². The topological polar surface area (TPSA) is 61.4 Å². The number of aliphatic hydroxyl groups excluding tert-OH is 1. The summed E-state index contributed by atoms with van der Waals surface area (Å²) < 4.78 is 0. The standard InChI is InChI=1S/C23H28N2O2/c1-15-4-3-5-17(12-15)20-8-6-18-13-19(7-9-21(18)25-20)23(10-11-23)22(27)24-14-16(2)26/h3-5,7,9,12-13,16,20,25-26H,6,8,10-11,14H2,1-2H3,(H,24,27)/t16-,20+/m1/s1. The molecule has 2 aromatic carbocycles. The van der Waals surface area contributed by atoms with Crippen LogP contribution in [-0.2, 0) is 16.6 Å². The van der Waals surface area contributed by atoms with E-state index in [4.69, 9.17) is 0 Å². The van der Waals surface area contributed by atoms with Gasteiger partial charge >= 0.3 is 0 Å². The minimum atomic E-state index is -0.518. The summed E-state index contributed by atoms with van der Waals surface area (Å²) in [6.07, 6.45) is 3.32. The number of rotatable bonds is 5. The first-order chi connectivity index (χ1) is 13.0. The lowest BCUT2D eigenvalue weighted by atomic mass is 9.88. The Kier molecular flexibility index (Phi) is 4.68. The largest absolute Gasteiger partial charge is 0.392 e. The van der Waals surface area contributed by atoms with Gasteiger partial charge in [0, 0.05) is 12.2 Å². The number of carbonyl (C=O) groups is 1. The molecule has 1 fully saturated rings. The van der Waals surface area contributed by atoms with Gasteiger partial charge in [0.15, 0.2) is 0 Å². The van der Waals surface area contributed by atoms with Crippen molar-refractivity contribution in [3.63, 3.8) is 0 Å². The molecule has 2 aromatic rings. The number of carbonyl (C=O) groups excluding carboxylic acids is 1. The molecule has 142 valence electrons. The second-order valence-electron chi connectivity index (χ2n) is 8.16. The maximum absolute atomic E-state index is 12.6. The highest BCUT2D eigenvalue weighted by molar-refractivity contribution is 5.91. The van der Waals surface area contributed by atoms with Crippen molar-refractivity contribution in [3.8, 4) is 0 Å². The molecule has 1 aliphatic heterocycles. The normalized spacial score (nSPS) is 20.9. The Balaban J connectivity index is 1.51. The molecule has 0 bridgehead atoms. The SMILES string of the molecule is Cc1cccc([C@@H]2CCc3cc(C4(C(=O)NC[C@@H](C)O)CC4)ccc3N2)c1. The third-order valence-electron chi connectivity index (χ3n) is 5.88. The smallest absolute Gasteiger partial charge is 0.230 e. The first-order valence-corrected chi connectivity index (χ1v) is 9.91. The van der Waals surface area contributed by atoms with Crippen LogP contribution in [0.15, 0.2) is 42.5 Å². The average Bonchev–Trinajstić information content (AvgIpc) is 3.47. The predicted octanol–water partition coefficient (Wildman–Crippen LogP) is 3.62. The van der Waals surface area contributed by atoms with Gasteiger partial charge in [-0.2, -0.15) is 0 Å². The van der Waals surface area contributed by atoms with Crippen molar-refractivity contribution in [1.82, 2.24) is 5.32 Å². The molecule has 0 saturated heterocycles. The summed E-state index contributed by atoms with van der Waals surface area (Å²) >= 11 is 0. The van der Waals surface area contributed by atoms with E-state index < -0.39 is 11.5 Å². The number of aliphatic hydroxyl groups is 1. The summed E-state index contributed by atoms with van der Waals surface area (Å²) in [5, 5.41) is 16.0. The van der Waals surface area contributed by atoms with Crippen LogP contribution in [0.25, 0.3) is 0 Å². The van der Waals surface area contributed by atoms with E-state index in [-0.39, 0.29) is 5.91 Å². The quantitative estimate of drug-likeness (QED) is 0.759. The van der Waals surface area contributed by atoms with Gasteiger partial charge in [0.2, 0.25) is 5.91 Å². The Bertz CT molecular complexity index is 855. The molecule has 2 aliphatic rings. The second kappa shape index (κ2) is 7.01. The van der Waals surface area contributed by atoms with E-state index in [1.807, 2.05) is 0 Å². The van der Waals surface area contributed by atoms with Crippen LogP contribution in [-0.4, -0.2) is 23.7 Å². The Hall–Kier alpha value is -2.33. The molecule has 3 N–H and O–H groups in total. The highest BCUT2D eigenvalue weighted by Crippen LogP contribution is 2.49. The van der Waals surface area contributed by atoms with E-state index in [2.05, 4.69) is 60.0 Å². The Morgan fingerprint density at radius 1 is 1.30 bits per heavy atom. The number of hydrogen-bond donors (Lipinski definition) is 3. The lowest BCUT2D eigenvalue weighted by Gasteiger charge is -2.29. The number of aryl methyl sites for hydroxylation is 2. The highest BCUT2D eigenvalue weighted by Gasteiger charge is 2.51. The maximum Gasteiger partial charge on any atom is 0.230 e. The monoisotopic (exact) mass is 364 g/mol. The van der Waals surface area contributed by atoms with Gasteiger partial charge in [-0.3, -0.25) is 4.79 Å². The molecule has 4 nitrogen and oxygen atoms in total. The summed E-state index contributed by atoms with van der Waals surface area (Å²) in [6, 6.07) is 15.5. The first kappa shape index (κ1) is 18.1. The van der Waals surface area contributed by atoms with E-state index in [0.717, 1.165) is 31.2 Å². The molecule has 4 rings (SSSR count). The number of anilines is 1. The molecule has 1 aliphatic carbocycles. The molecule has 0 radical (unpaired) electrons. The van der Waals surface area contributed by atoms with Gasteiger partial charge in [0.05, 0.1) is 17.6 Å². The summed E-state index contributed by atoms with van der Waals surface area (Å²) in [4.78, 5) is 12.6. The second-order valence-corrected chi connectivity index (χ2v) is 8.16. The van der Waals surface area contributed by atoms with Gasteiger partial charge in [-0.1, -0.05) is 42.0 Å². The molecule has 4 heteroatoms. The highest BCUT2D eigenvalue weighted by atomic mass is 16.3. The van der Waals surface area contributed by atoms with Crippen LogP contribution in [0.4, 0.5) is 5.69 Å². The van der Waals surface area contributed by atoms with E-state index in [1.54, 1.807) is 6.92 Å². The zero-order chi connectivity index (χ0) is 19.0.